The first-order valence-corrected chi connectivity index (χ1v) is 13.2. The number of carboxylic acid groups (broad SMARTS) is 2. The van der Waals surface area contributed by atoms with Crippen molar-refractivity contribution in [1.82, 2.24) is 35.0 Å². The number of nitrogens with zero attached hydrogens (tertiary/aromatic N) is 7. The zero-order valence-corrected chi connectivity index (χ0v) is 23.0. The molecule has 0 amide bonds. The van der Waals surface area contributed by atoms with Crippen molar-refractivity contribution in [2.24, 2.45) is 0 Å². The number of carbonyl (C=O) groups is 3. The number of aromatic hydroxyl groups is 2. The molecule has 6 rings (SSSR count). The third-order valence-corrected chi connectivity index (χ3v) is 6.82. The molecule has 6 aromatic rings. The van der Waals surface area contributed by atoms with Crippen LogP contribution in [-0.4, -0.2) is 73.1 Å². The number of phenols is 2. The zero-order valence-electron chi connectivity index (χ0n) is 23.0. The lowest BCUT2D eigenvalue weighted by Gasteiger charge is -2.07. The first-order valence-electron chi connectivity index (χ1n) is 13.2. The number of pyridine rings is 1. The Labute approximate surface area is 253 Å². The Balaban J connectivity index is 1.39. The predicted octanol–water partition coefficient (Wildman–Crippen LogP) is 3.81. The molecular weight excluding hydrogens is 582 g/mol. The standard InChI is InChI=1S/C31H21N7O7/c39-27(10-17-4-2-1-3-5-17)18-11-23(25-15-37(35-33-25)19-6-8-21(30(42)43)28(40)13-19)32-24(12-18)26-16-38(36-34-26)20-7-9-22(31(44)45)29(41)14-20/h1-9,11-16,40-41H,10H2,(H,42,43)(H,44,45). The van der Waals surface area contributed by atoms with E-state index >= 15 is 0 Å². The maximum atomic E-state index is 13.4. The number of carboxylic acids is 2. The average molecular weight is 604 g/mol. The normalized spacial score (nSPS) is 10.9. The van der Waals surface area contributed by atoms with E-state index in [2.05, 4.69) is 25.6 Å². The van der Waals surface area contributed by atoms with E-state index in [1.165, 1.54) is 58.2 Å². The average Bonchev–Trinajstić information content (AvgIpc) is 3.72. The maximum Gasteiger partial charge on any atom is 0.339 e. The van der Waals surface area contributed by atoms with E-state index in [0.29, 0.717) is 16.9 Å². The van der Waals surface area contributed by atoms with Crippen LogP contribution in [0, 0.1) is 0 Å². The van der Waals surface area contributed by atoms with Crippen LogP contribution in [0.3, 0.4) is 0 Å². The molecule has 222 valence electrons. The van der Waals surface area contributed by atoms with Crippen LogP contribution >= 0.6 is 0 Å². The second-order valence-corrected chi connectivity index (χ2v) is 9.82. The quantitative estimate of drug-likeness (QED) is 0.174. The highest BCUT2D eigenvalue weighted by atomic mass is 16.4. The van der Waals surface area contributed by atoms with E-state index in [-0.39, 0.29) is 46.1 Å². The van der Waals surface area contributed by atoms with Crippen molar-refractivity contribution in [2.75, 3.05) is 0 Å². The summed E-state index contributed by atoms with van der Waals surface area (Å²) in [6.07, 6.45) is 3.14. The molecular formula is C31H21N7O7. The second-order valence-electron chi connectivity index (χ2n) is 9.82. The summed E-state index contributed by atoms with van der Waals surface area (Å²) in [4.78, 5) is 40.6. The number of hydrogen-bond donors (Lipinski definition) is 4. The molecule has 0 saturated carbocycles. The molecule has 4 N–H and O–H groups in total. The van der Waals surface area contributed by atoms with Gasteiger partial charge >= 0.3 is 11.9 Å². The lowest BCUT2D eigenvalue weighted by molar-refractivity contribution is 0.0682. The van der Waals surface area contributed by atoms with Crippen molar-refractivity contribution in [3.63, 3.8) is 0 Å². The molecule has 0 aliphatic carbocycles. The fraction of sp³-hybridized carbons (Fsp3) is 0.0323. The van der Waals surface area contributed by atoms with Crippen LogP contribution in [0.15, 0.2) is 91.3 Å². The number of aromatic carboxylic acids is 2. The van der Waals surface area contributed by atoms with Gasteiger partial charge in [-0.3, -0.25) is 4.79 Å². The Hall–Kier alpha value is -6.70. The summed E-state index contributed by atoms with van der Waals surface area (Å²) in [5, 5.41) is 55.2. The minimum absolute atomic E-state index is 0.119. The number of Topliss-reactive ketones (excluding diaryl/α,β-unsaturated/α-hetero) is 1. The monoisotopic (exact) mass is 603 g/mol. The fourth-order valence-electron chi connectivity index (χ4n) is 4.54. The van der Waals surface area contributed by atoms with Gasteiger partial charge in [0.25, 0.3) is 0 Å². The first-order chi connectivity index (χ1) is 21.7. The Morgan fingerprint density at radius 2 is 1.11 bits per heavy atom. The molecule has 45 heavy (non-hydrogen) atoms. The van der Waals surface area contributed by atoms with Gasteiger partial charge < -0.3 is 20.4 Å². The molecule has 0 spiro atoms. The Bertz CT molecular complexity index is 1980. The van der Waals surface area contributed by atoms with Crippen LogP contribution < -0.4 is 0 Å². The van der Waals surface area contributed by atoms with Crippen molar-refractivity contribution in [2.45, 2.75) is 6.42 Å². The third kappa shape index (κ3) is 5.83. The molecule has 14 heteroatoms. The van der Waals surface area contributed by atoms with Gasteiger partial charge in [0.2, 0.25) is 0 Å². The summed E-state index contributed by atoms with van der Waals surface area (Å²) in [5.41, 5.74) is 2.37. The molecule has 3 heterocycles. The van der Waals surface area contributed by atoms with Gasteiger partial charge in [-0.1, -0.05) is 40.8 Å². The first kappa shape index (κ1) is 28.4. The summed E-state index contributed by atoms with van der Waals surface area (Å²) >= 11 is 0. The molecule has 14 nitrogen and oxygen atoms in total. The van der Waals surface area contributed by atoms with E-state index in [0.717, 1.165) is 5.56 Å². The largest absolute Gasteiger partial charge is 0.507 e. The summed E-state index contributed by atoms with van der Waals surface area (Å²) in [7, 11) is 0. The van der Waals surface area contributed by atoms with Crippen molar-refractivity contribution < 1.29 is 34.8 Å². The van der Waals surface area contributed by atoms with Crippen LogP contribution in [0.4, 0.5) is 0 Å². The van der Waals surface area contributed by atoms with Crippen LogP contribution in [0.5, 0.6) is 11.5 Å². The van der Waals surface area contributed by atoms with E-state index in [4.69, 9.17) is 0 Å². The molecule has 0 saturated heterocycles. The maximum absolute atomic E-state index is 13.4. The Morgan fingerprint density at radius 3 is 1.56 bits per heavy atom. The molecule has 0 unspecified atom stereocenters. The van der Waals surface area contributed by atoms with Crippen molar-refractivity contribution in [1.29, 1.82) is 0 Å². The fourth-order valence-corrected chi connectivity index (χ4v) is 4.54. The van der Waals surface area contributed by atoms with Crippen molar-refractivity contribution >= 4 is 17.7 Å². The van der Waals surface area contributed by atoms with Gasteiger partial charge in [-0.2, -0.15) is 0 Å². The van der Waals surface area contributed by atoms with Crippen LogP contribution in [0.25, 0.3) is 34.2 Å². The smallest absolute Gasteiger partial charge is 0.339 e. The van der Waals surface area contributed by atoms with Crippen LogP contribution in [0.1, 0.15) is 36.6 Å². The summed E-state index contributed by atoms with van der Waals surface area (Å²) in [6.45, 7) is 0. The molecule has 3 aromatic carbocycles. The van der Waals surface area contributed by atoms with Gasteiger partial charge in [0, 0.05) is 24.1 Å². The molecule has 0 bridgehead atoms. The van der Waals surface area contributed by atoms with Gasteiger partial charge in [0.05, 0.1) is 35.2 Å². The minimum atomic E-state index is -1.28. The Morgan fingerprint density at radius 1 is 0.622 bits per heavy atom. The van der Waals surface area contributed by atoms with E-state index < -0.39 is 23.4 Å². The molecule has 0 fully saturated rings. The second kappa shape index (κ2) is 11.5. The number of rotatable bonds is 9. The zero-order chi connectivity index (χ0) is 31.7. The van der Waals surface area contributed by atoms with Crippen LogP contribution in [-0.2, 0) is 6.42 Å². The summed E-state index contributed by atoms with van der Waals surface area (Å²) in [5.74, 6) is -3.65. The lowest BCUT2D eigenvalue weighted by Crippen LogP contribution is -2.05. The number of hydrogen-bond acceptors (Lipinski definition) is 10. The predicted molar refractivity (Wildman–Crippen MR) is 157 cm³/mol. The molecule has 0 radical (unpaired) electrons. The molecule has 0 aliphatic heterocycles. The Kier molecular flexibility index (Phi) is 7.28. The lowest BCUT2D eigenvalue weighted by atomic mass is 10.0. The van der Waals surface area contributed by atoms with Gasteiger partial charge in [0.1, 0.15) is 34.0 Å². The molecule has 3 aromatic heterocycles. The summed E-state index contributed by atoms with van der Waals surface area (Å²) < 4.78 is 2.65. The number of benzene rings is 3. The van der Waals surface area contributed by atoms with E-state index in [9.17, 15) is 34.8 Å². The van der Waals surface area contributed by atoms with Crippen molar-refractivity contribution in [3.05, 3.63) is 114 Å². The SMILES string of the molecule is O=C(Cc1ccccc1)c1cc(-c2cn(-c3ccc(C(=O)O)c(O)c3)nn2)nc(-c2cn(-c3ccc(C(=O)O)c(O)c3)nn2)c1. The number of carbonyl (C=O) groups excluding carboxylic acids is 1. The van der Waals surface area contributed by atoms with Gasteiger partial charge in [-0.05, 0) is 42.0 Å². The highest BCUT2D eigenvalue weighted by molar-refractivity contribution is 5.99. The minimum Gasteiger partial charge on any atom is -0.507 e. The third-order valence-electron chi connectivity index (χ3n) is 6.82. The van der Waals surface area contributed by atoms with Crippen molar-refractivity contribution in [3.8, 4) is 45.6 Å². The number of ketones is 1. The highest BCUT2D eigenvalue weighted by Crippen LogP contribution is 2.27. The summed E-state index contributed by atoms with van der Waals surface area (Å²) in [6, 6.07) is 20.2. The van der Waals surface area contributed by atoms with E-state index in [1.54, 1.807) is 12.1 Å². The molecule has 0 aliphatic rings. The highest BCUT2D eigenvalue weighted by Gasteiger charge is 2.19. The van der Waals surface area contributed by atoms with Gasteiger partial charge in [0.15, 0.2) is 5.78 Å². The van der Waals surface area contributed by atoms with Crippen LogP contribution in [0.2, 0.25) is 0 Å². The van der Waals surface area contributed by atoms with E-state index in [1.807, 2.05) is 30.3 Å². The number of aromatic nitrogens is 7. The van der Waals surface area contributed by atoms with Gasteiger partial charge in [-0.15, -0.1) is 10.2 Å². The topological polar surface area (TPSA) is 206 Å². The molecule has 0 atom stereocenters. The van der Waals surface area contributed by atoms with Gasteiger partial charge in [-0.25, -0.2) is 23.9 Å².